The van der Waals surface area contributed by atoms with Gasteiger partial charge in [0.25, 0.3) is 5.91 Å². The van der Waals surface area contributed by atoms with Gasteiger partial charge in [-0.25, -0.2) is 0 Å². The highest BCUT2D eigenvalue weighted by molar-refractivity contribution is 5.95. The highest BCUT2D eigenvalue weighted by Crippen LogP contribution is 2.27. The van der Waals surface area contributed by atoms with E-state index >= 15 is 0 Å². The van der Waals surface area contributed by atoms with Crippen molar-refractivity contribution in [3.05, 3.63) is 18.0 Å². The molecule has 0 saturated heterocycles. The lowest BCUT2D eigenvalue weighted by atomic mass is 10.3. The van der Waals surface area contributed by atoms with Gasteiger partial charge in [-0.15, -0.1) is 0 Å². The van der Waals surface area contributed by atoms with Gasteiger partial charge >= 0.3 is 5.97 Å². The minimum atomic E-state index is -0.976. The minimum absolute atomic E-state index is 0.0862. The van der Waals surface area contributed by atoms with Crippen LogP contribution in [0.25, 0.3) is 0 Å². The summed E-state index contributed by atoms with van der Waals surface area (Å²) in [7, 11) is 0. The van der Waals surface area contributed by atoms with Crippen LogP contribution in [-0.4, -0.2) is 44.3 Å². The van der Waals surface area contributed by atoms with Crippen molar-refractivity contribution in [2.45, 2.75) is 38.8 Å². The lowest BCUT2D eigenvalue weighted by Gasteiger charge is -2.19. The van der Waals surface area contributed by atoms with Crippen LogP contribution >= 0.6 is 0 Å². The molecule has 1 N–H and O–H groups in total. The topological polar surface area (TPSA) is 75.4 Å². The molecule has 1 aliphatic rings. The van der Waals surface area contributed by atoms with E-state index in [1.807, 2.05) is 6.92 Å². The van der Waals surface area contributed by atoms with E-state index in [1.165, 1.54) is 11.1 Å². The van der Waals surface area contributed by atoms with Crippen LogP contribution in [0, 0.1) is 0 Å². The number of aromatic nitrogens is 2. The molecule has 0 atom stereocenters. The van der Waals surface area contributed by atoms with Crippen molar-refractivity contribution in [2.75, 3.05) is 6.54 Å². The Morgan fingerprint density at radius 1 is 1.56 bits per heavy atom. The quantitative estimate of drug-likeness (QED) is 0.817. The van der Waals surface area contributed by atoms with Gasteiger partial charge in [0.2, 0.25) is 0 Å². The minimum Gasteiger partial charge on any atom is -0.480 e. The third kappa shape index (κ3) is 2.88. The molecule has 0 radical (unpaired) electrons. The average molecular weight is 251 g/mol. The SMILES string of the molecule is CCCn1cc(C(=O)N(CC(=O)O)C2CC2)cn1. The van der Waals surface area contributed by atoms with Crippen LogP contribution in [0.15, 0.2) is 12.4 Å². The summed E-state index contributed by atoms with van der Waals surface area (Å²) in [4.78, 5) is 24.4. The van der Waals surface area contributed by atoms with Crippen molar-refractivity contribution in [3.8, 4) is 0 Å². The zero-order valence-corrected chi connectivity index (χ0v) is 10.4. The maximum Gasteiger partial charge on any atom is 0.323 e. The molecule has 1 amide bonds. The van der Waals surface area contributed by atoms with Gasteiger partial charge in [0, 0.05) is 18.8 Å². The van der Waals surface area contributed by atoms with Gasteiger partial charge in [-0.05, 0) is 19.3 Å². The second kappa shape index (κ2) is 5.20. The molecule has 1 aromatic rings. The summed E-state index contributed by atoms with van der Waals surface area (Å²) < 4.78 is 1.71. The van der Waals surface area contributed by atoms with E-state index in [1.54, 1.807) is 10.9 Å². The Labute approximate surface area is 105 Å². The summed E-state index contributed by atoms with van der Waals surface area (Å²) in [5.41, 5.74) is 0.469. The normalized spacial score (nSPS) is 14.5. The number of carbonyl (C=O) groups excluding carboxylic acids is 1. The molecule has 1 heterocycles. The second-order valence-electron chi connectivity index (χ2n) is 4.55. The smallest absolute Gasteiger partial charge is 0.323 e. The van der Waals surface area contributed by atoms with E-state index in [9.17, 15) is 9.59 Å². The first kappa shape index (κ1) is 12.6. The number of carboxylic acid groups (broad SMARTS) is 1. The van der Waals surface area contributed by atoms with Gasteiger partial charge in [-0.2, -0.15) is 5.10 Å². The molecule has 6 heteroatoms. The first-order valence-corrected chi connectivity index (χ1v) is 6.17. The van der Waals surface area contributed by atoms with Crippen LogP contribution in [0.2, 0.25) is 0 Å². The van der Waals surface area contributed by atoms with Crippen LogP contribution < -0.4 is 0 Å². The van der Waals surface area contributed by atoms with Crippen molar-refractivity contribution >= 4 is 11.9 Å². The molecule has 1 saturated carbocycles. The third-order valence-corrected chi connectivity index (χ3v) is 2.89. The first-order chi connectivity index (χ1) is 8.61. The fraction of sp³-hybridized carbons (Fsp3) is 0.583. The third-order valence-electron chi connectivity index (χ3n) is 2.89. The van der Waals surface area contributed by atoms with Gasteiger partial charge in [0.1, 0.15) is 6.54 Å². The highest BCUT2D eigenvalue weighted by Gasteiger charge is 2.34. The van der Waals surface area contributed by atoms with E-state index in [0.29, 0.717) is 5.56 Å². The lowest BCUT2D eigenvalue weighted by molar-refractivity contribution is -0.137. The van der Waals surface area contributed by atoms with Crippen molar-refractivity contribution in [1.29, 1.82) is 0 Å². The molecular weight excluding hydrogens is 234 g/mol. The summed E-state index contributed by atoms with van der Waals surface area (Å²) >= 11 is 0. The molecule has 98 valence electrons. The van der Waals surface area contributed by atoms with Crippen LogP contribution in [0.3, 0.4) is 0 Å². The number of carboxylic acids is 1. The molecule has 1 aliphatic carbocycles. The van der Waals surface area contributed by atoms with Crippen molar-refractivity contribution < 1.29 is 14.7 Å². The van der Waals surface area contributed by atoms with E-state index in [-0.39, 0.29) is 18.5 Å². The van der Waals surface area contributed by atoms with Crippen LogP contribution in [0.5, 0.6) is 0 Å². The Kier molecular flexibility index (Phi) is 3.64. The van der Waals surface area contributed by atoms with Gasteiger partial charge in [0.15, 0.2) is 0 Å². The molecule has 0 aromatic carbocycles. The Morgan fingerprint density at radius 3 is 2.83 bits per heavy atom. The molecule has 1 fully saturated rings. The number of aryl methyl sites for hydroxylation is 1. The van der Waals surface area contributed by atoms with Gasteiger partial charge in [-0.1, -0.05) is 6.92 Å². The number of hydrogen-bond acceptors (Lipinski definition) is 3. The number of aliphatic carboxylic acids is 1. The second-order valence-corrected chi connectivity index (χ2v) is 4.55. The first-order valence-electron chi connectivity index (χ1n) is 6.17. The Bertz CT molecular complexity index is 451. The van der Waals surface area contributed by atoms with E-state index in [4.69, 9.17) is 5.11 Å². The Hall–Kier alpha value is -1.85. The largest absolute Gasteiger partial charge is 0.480 e. The summed E-state index contributed by atoms with van der Waals surface area (Å²) in [6.07, 6.45) is 5.92. The lowest BCUT2D eigenvalue weighted by Crippen LogP contribution is -2.37. The van der Waals surface area contributed by atoms with E-state index < -0.39 is 5.97 Å². The number of nitrogens with zero attached hydrogens (tertiary/aromatic N) is 3. The zero-order valence-electron chi connectivity index (χ0n) is 10.4. The number of rotatable bonds is 6. The molecule has 0 aliphatic heterocycles. The maximum atomic E-state index is 12.2. The Morgan fingerprint density at radius 2 is 2.28 bits per heavy atom. The monoisotopic (exact) mass is 251 g/mol. The van der Waals surface area contributed by atoms with E-state index in [0.717, 1.165) is 25.8 Å². The molecule has 0 spiro atoms. The number of amides is 1. The van der Waals surface area contributed by atoms with Gasteiger partial charge < -0.3 is 10.0 Å². The molecule has 0 bridgehead atoms. The summed E-state index contributed by atoms with van der Waals surface area (Å²) in [6, 6.07) is 0.0862. The standard InChI is InChI=1S/C12H17N3O3/c1-2-5-14-7-9(6-13-14)12(18)15(8-11(16)17)10-3-4-10/h6-7,10H,2-5,8H2,1H3,(H,16,17). The summed E-state index contributed by atoms with van der Waals surface area (Å²) in [5, 5.41) is 12.9. The number of carbonyl (C=O) groups is 2. The van der Waals surface area contributed by atoms with Crippen molar-refractivity contribution in [2.24, 2.45) is 0 Å². The molecular formula is C12H17N3O3. The predicted molar refractivity (Wildman–Crippen MR) is 64.2 cm³/mol. The molecule has 2 rings (SSSR count). The summed E-state index contributed by atoms with van der Waals surface area (Å²) in [6.45, 7) is 2.56. The molecule has 18 heavy (non-hydrogen) atoms. The molecule has 6 nitrogen and oxygen atoms in total. The maximum absolute atomic E-state index is 12.2. The average Bonchev–Trinajstić information content (AvgIpc) is 3.06. The van der Waals surface area contributed by atoms with E-state index in [2.05, 4.69) is 5.10 Å². The number of hydrogen-bond donors (Lipinski definition) is 1. The highest BCUT2D eigenvalue weighted by atomic mass is 16.4. The van der Waals surface area contributed by atoms with Crippen LogP contribution in [0.1, 0.15) is 36.5 Å². The Balaban J connectivity index is 2.09. The van der Waals surface area contributed by atoms with Gasteiger partial charge in [-0.3, -0.25) is 14.3 Å². The fourth-order valence-electron chi connectivity index (χ4n) is 1.89. The summed E-state index contributed by atoms with van der Waals surface area (Å²) in [5.74, 6) is -1.21. The van der Waals surface area contributed by atoms with Crippen LogP contribution in [0.4, 0.5) is 0 Å². The van der Waals surface area contributed by atoms with Crippen molar-refractivity contribution in [1.82, 2.24) is 14.7 Å². The zero-order chi connectivity index (χ0) is 13.1. The fourth-order valence-corrected chi connectivity index (χ4v) is 1.89. The van der Waals surface area contributed by atoms with Gasteiger partial charge in [0.05, 0.1) is 11.8 Å². The predicted octanol–water partition coefficient (Wildman–Crippen LogP) is 0.982. The van der Waals surface area contributed by atoms with Crippen LogP contribution in [-0.2, 0) is 11.3 Å². The molecule has 1 aromatic heterocycles. The van der Waals surface area contributed by atoms with Crippen molar-refractivity contribution in [3.63, 3.8) is 0 Å². The molecule has 0 unspecified atom stereocenters.